The number of amides is 1. The Hall–Kier alpha value is -2.29. The molecule has 0 saturated carbocycles. The highest BCUT2D eigenvalue weighted by atomic mass is 16.6. The molecule has 0 fully saturated rings. The van der Waals surface area contributed by atoms with Gasteiger partial charge in [-0.3, -0.25) is 5.32 Å². The van der Waals surface area contributed by atoms with E-state index in [0.717, 1.165) is 17.7 Å². The zero-order valence-electron chi connectivity index (χ0n) is 20.6. The van der Waals surface area contributed by atoms with Gasteiger partial charge in [-0.05, 0) is 66.8 Å². The molecule has 0 bridgehead atoms. The molecule has 30 heavy (non-hydrogen) atoms. The van der Waals surface area contributed by atoms with Crippen molar-refractivity contribution < 1.29 is 9.53 Å². The SMILES string of the molecule is CC.CC(C)(C)CC(C)(C)c1ccc(-c2ccc(NC(=O)OC(C)(C)C)cc2)cc1. The van der Waals surface area contributed by atoms with Crippen molar-refractivity contribution in [3.8, 4) is 11.1 Å². The fourth-order valence-electron chi connectivity index (χ4n) is 3.71. The fraction of sp³-hybridized carbons (Fsp3) is 0.519. The van der Waals surface area contributed by atoms with Crippen LogP contribution < -0.4 is 5.32 Å². The van der Waals surface area contributed by atoms with Crippen molar-refractivity contribution in [2.45, 2.75) is 86.7 Å². The summed E-state index contributed by atoms with van der Waals surface area (Å²) in [5.74, 6) is 0. The van der Waals surface area contributed by atoms with E-state index >= 15 is 0 Å². The zero-order chi connectivity index (χ0) is 23.2. The molecule has 2 rings (SSSR count). The summed E-state index contributed by atoms with van der Waals surface area (Å²) in [5, 5.41) is 2.77. The Labute approximate surface area is 184 Å². The minimum atomic E-state index is -0.507. The Morgan fingerprint density at radius 3 is 1.60 bits per heavy atom. The first-order valence-corrected chi connectivity index (χ1v) is 11.0. The van der Waals surface area contributed by atoms with E-state index in [1.807, 2.05) is 58.9 Å². The number of hydrogen-bond acceptors (Lipinski definition) is 2. The summed E-state index contributed by atoms with van der Waals surface area (Å²) >= 11 is 0. The number of rotatable bonds is 4. The van der Waals surface area contributed by atoms with Crippen LogP contribution in [-0.2, 0) is 10.2 Å². The molecular weight excluding hydrogens is 370 g/mol. The van der Waals surface area contributed by atoms with Gasteiger partial charge in [0.05, 0.1) is 0 Å². The molecule has 0 spiro atoms. The van der Waals surface area contributed by atoms with Gasteiger partial charge < -0.3 is 4.74 Å². The molecule has 1 N–H and O–H groups in total. The number of nitrogens with one attached hydrogen (secondary N) is 1. The second-order valence-electron chi connectivity index (χ2n) is 10.4. The Morgan fingerprint density at radius 1 is 0.767 bits per heavy atom. The van der Waals surface area contributed by atoms with E-state index < -0.39 is 11.7 Å². The van der Waals surface area contributed by atoms with Crippen molar-refractivity contribution in [3.63, 3.8) is 0 Å². The summed E-state index contributed by atoms with van der Waals surface area (Å²) in [6, 6.07) is 16.6. The molecule has 1 amide bonds. The van der Waals surface area contributed by atoms with Crippen LogP contribution >= 0.6 is 0 Å². The lowest BCUT2D eigenvalue weighted by atomic mass is 9.72. The zero-order valence-corrected chi connectivity index (χ0v) is 20.6. The summed E-state index contributed by atoms with van der Waals surface area (Å²) in [6.07, 6.45) is 0.690. The van der Waals surface area contributed by atoms with E-state index in [2.05, 4.69) is 64.2 Å². The Bertz CT molecular complexity index is 789. The van der Waals surface area contributed by atoms with Crippen LogP contribution in [0.15, 0.2) is 48.5 Å². The molecule has 2 aromatic rings. The average Bonchev–Trinajstić information content (AvgIpc) is 2.60. The molecule has 0 unspecified atom stereocenters. The van der Waals surface area contributed by atoms with Gasteiger partial charge in [-0.15, -0.1) is 0 Å². The summed E-state index contributed by atoms with van der Waals surface area (Å²) in [4.78, 5) is 11.9. The van der Waals surface area contributed by atoms with Crippen LogP contribution in [0.5, 0.6) is 0 Å². The predicted octanol–water partition coefficient (Wildman–Crippen LogP) is 8.44. The van der Waals surface area contributed by atoms with Gasteiger partial charge in [-0.2, -0.15) is 0 Å². The van der Waals surface area contributed by atoms with E-state index in [9.17, 15) is 4.79 Å². The van der Waals surface area contributed by atoms with Gasteiger partial charge in [0.1, 0.15) is 5.60 Å². The molecule has 0 saturated heterocycles. The summed E-state index contributed by atoms with van der Waals surface area (Å²) < 4.78 is 5.29. The van der Waals surface area contributed by atoms with Crippen molar-refractivity contribution in [3.05, 3.63) is 54.1 Å². The van der Waals surface area contributed by atoms with Crippen LogP contribution in [-0.4, -0.2) is 11.7 Å². The molecule has 3 nitrogen and oxygen atoms in total. The van der Waals surface area contributed by atoms with Crippen LogP contribution in [0.4, 0.5) is 10.5 Å². The van der Waals surface area contributed by atoms with Crippen LogP contribution in [0.1, 0.15) is 81.2 Å². The van der Waals surface area contributed by atoms with Gasteiger partial charge in [0.25, 0.3) is 0 Å². The lowest BCUT2D eigenvalue weighted by Crippen LogP contribution is -2.27. The van der Waals surface area contributed by atoms with Crippen molar-refractivity contribution in [2.24, 2.45) is 5.41 Å². The van der Waals surface area contributed by atoms with E-state index in [1.165, 1.54) is 11.1 Å². The van der Waals surface area contributed by atoms with Gasteiger partial charge in [0.15, 0.2) is 0 Å². The Balaban J connectivity index is 0.00000218. The number of carbonyl (C=O) groups excluding carboxylic acids is 1. The minimum absolute atomic E-state index is 0.137. The number of hydrogen-bond donors (Lipinski definition) is 1. The van der Waals surface area contributed by atoms with Crippen molar-refractivity contribution in [1.82, 2.24) is 0 Å². The first-order chi connectivity index (χ1) is 13.8. The number of ether oxygens (including phenoxy) is 1. The van der Waals surface area contributed by atoms with Gasteiger partial charge >= 0.3 is 6.09 Å². The summed E-state index contributed by atoms with van der Waals surface area (Å²) in [6.45, 7) is 21.0. The maximum atomic E-state index is 11.9. The van der Waals surface area contributed by atoms with Gasteiger partial charge in [-0.25, -0.2) is 4.79 Å². The number of benzene rings is 2. The van der Waals surface area contributed by atoms with Gasteiger partial charge in [0, 0.05) is 5.69 Å². The maximum absolute atomic E-state index is 11.9. The second kappa shape index (κ2) is 10.1. The van der Waals surface area contributed by atoms with E-state index in [4.69, 9.17) is 4.74 Å². The lowest BCUT2D eigenvalue weighted by Gasteiger charge is -2.33. The normalized spacial score (nSPS) is 11.9. The third-order valence-electron chi connectivity index (χ3n) is 4.50. The summed E-state index contributed by atoms with van der Waals surface area (Å²) in [7, 11) is 0. The molecule has 0 atom stereocenters. The number of carbonyl (C=O) groups is 1. The predicted molar refractivity (Wildman–Crippen MR) is 130 cm³/mol. The standard InChI is InChI=1S/C25H35NO2.C2H6/c1-23(2,3)17-25(7,8)20-13-9-18(10-14-20)19-11-15-21(16-12-19)26-22(27)28-24(4,5)6;1-2/h9-16H,17H2,1-8H3,(H,26,27);1-2H3. The van der Waals surface area contributed by atoms with E-state index in [1.54, 1.807) is 0 Å². The van der Waals surface area contributed by atoms with Crippen LogP contribution in [0, 0.1) is 5.41 Å². The van der Waals surface area contributed by atoms with Crippen molar-refractivity contribution in [1.29, 1.82) is 0 Å². The molecule has 0 radical (unpaired) electrons. The van der Waals surface area contributed by atoms with Gasteiger partial charge in [0.2, 0.25) is 0 Å². The molecule has 166 valence electrons. The first-order valence-electron chi connectivity index (χ1n) is 11.0. The van der Waals surface area contributed by atoms with E-state index in [-0.39, 0.29) is 5.41 Å². The quantitative estimate of drug-likeness (QED) is 0.548. The van der Waals surface area contributed by atoms with Crippen LogP contribution in [0.25, 0.3) is 11.1 Å². The molecule has 0 heterocycles. The molecule has 0 aliphatic heterocycles. The molecule has 3 heteroatoms. The highest BCUT2D eigenvalue weighted by Gasteiger charge is 2.27. The lowest BCUT2D eigenvalue weighted by molar-refractivity contribution is 0.0636. The Kier molecular flexibility index (Phi) is 8.71. The smallest absolute Gasteiger partial charge is 0.412 e. The first kappa shape index (κ1) is 25.7. The summed E-state index contributed by atoms with van der Waals surface area (Å²) in [5.41, 5.74) is 4.29. The molecular formula is C27H41NO2. The third-order valence-corrected chi connectivity index (χ3v) is 4.50. The maximum Gasteiger partial charge on any atom is 0.412 e. The minimum Gasteiger partial charge on any atom is -0.444 e. The molecule has 2 aromatic carbocycles. The topological polar surface area (TPSA) is 38.3 Å². The number of anilines is 1. The van der Waals surface area contributed by atoms with E-state index in [0.29, 0.717) is 5.41 Å². The van der Waals surface area contributed by atoms with Crippen molar-refractivity contribution >= 4 is 11.8 Å². The average molecular weight is 412 g/mol. The van der Waals surface area contributed by atoms with Crippen LogP contribution in [0.2, 0.25) is 0 Å². The molecule has 0 aliphatic carbocycles. The van der Waals surface area contributed by atoms with Crippen molar-refractivity contribution in [2.75, 3.05) is 5.32 Å². The fourth-order valence-corrected chi connectivity index (χ4v) is 3.71. The van der Waals surface area contributed by atoms with Gasteiger partial charge in [-0.1, -0.05) is 84.9 Å². The Morgan fingerprint density at radius 2 is 1.20 bits per heavy atom. The monoisotopic (exact) mass is 411 g/mol. The highest BCUT2D eigenvalue weighted by molar-refractivity contribution is 5.85. The second-order valence-corrected chi connectivity index (χ2v) is 10.4. The largest absolute Gasteiger partial charge is 0.444 e. The molecule has 0 aliphatic rings. The van der Waals surface area contributed by atoms with Crippen LogP contribution in [0.3, 0.4) is 0 Å². The highest BCUT2D eigenvalue weighted by Crippen LogP contribution is 2.36. The molecule has 0 aromatic heterocycles. The third kappa shape index (κ3) is 8.61.